The molecule has 2 aromatic heterocycles. The Balaban J connectivity index is 1.33. The molecule has 2 N–H and O–H groups in total. The van der Waals surface area contributed by atoms with Crippen LogP contribution in [0.2, 0.25) is 5.02 Å². The minimum absolute atomic E-state index is 0.0474. The lowest BCUT2D eigenvalue weighted by Crippen LogP contribution is -2.44. The lowest BCUT2D eigenvalue weighted by molar-refractivity contribution is -0.140. The Morgan fingerprint density at radius 2 is 1.92 bits per heavy atom. The van der Waals surface area contributed by atoms with Gasteiger partial charge in [0.05, 0.1) is 5.69 Å². The number of aromatic nitrogens is 1. The molecule has 0 amide bonds. The number of hydrogen-bond donors (Lipinski definition) is 2. The summed E-state index contributed by atoms with van der Waals surface area (Å²) in [5.74, 6) is -1.19. The van der Waals surface area contributed by atoms with Crippen LogP contribution in [0.5, 0.6) is 5.75 Å². The number of carbonyl (C=O) groups is 1. The van der Waals surface area contributed by atoms with Crippen molar-refractivity contribution in [2.75, 3.05) is 0 Å². The van der Waals surface area contributed by atoms with Gasteiger partial charge in [0.2, 0.25) is 0 Å². The second kappa shape index (κ2) is 9.67. The van der Waals surface area contributed by atoms with Gasteiger partial charge < -0.3 is 9.84 Å². The topological polar surface area (TPSA) is 106 Å². The molecule has 184 valence electrons. The van der Waals surface area contributed by atoms with E-state index < -0.39 is 27.4 Å². The van der Waals surface area contributed by atoms with E-state index >= 15 is 0 Å². The minimum atomic E-state index is -4.07. The van der Waals surface area contributed by atoms with Crippen molar-refractivity contribution in [2.24, 2.45) is 0 Å². The number of nitrogens with one attached hydrogen (secondary N) is 1. The van der Waals surface area contributed by atoms with Gasteiger partial charge in [-0.05, 0) is 66.1 Å². The third-order valence-electron chi connectivity index (χ3n) is 6.01. The van der Waals surface area contributed by atoms with Gasteiger partial charge in [-0.15, -0.1) is 11.3 Å². The number of aliphatic carboxylic acids is 1. The van der Waals surface area contributed by atoms with Crippen molar-refractivity contribution < 1.29 is 23.1 Å². The third kappa shape index (κ3) is 5.01. The molecule has 0 saturated heterocycles. The summed E-state index contributed by atoms with van der Waals surface area (Å²) in [5.41, 5.74) is 0.649. The fourth-order valence-corrected chi connectivity index (χ4v) is 6.89. The first-order chi connectivity index (χ1) is 17.3. The summed E-state index contributed by atoms with van der Waals surface area (Å²) >= 11 is 7.01. The van der Waals surface area contributed by atoms with Crippen LogP contribution in [0.3, 0.4) is 0 Å². The Kier molecular flexibility index (Phi) is 6.57. The van der Waals surface area contributed by atoms with Gasteiger partial charge in [-0.3, -0.25) is 9.78 Å². The lowest BCUT2D eigenvalue weighted by Gasteiger charge is -2.15. The molecule has 0 spiro atoms. The largest absolute Gasteiger partial charge is 0.487 e. The van der Waals surface area contributed by atoms with Crippen LogP contribution in [0.15, 0.2) is 89.3 Å². The maximum Gasteiger partial charge on any atom is 0.325 e. The summed E-state index contributed by atoms with van der Waals surface area (Å²) in [6.07, 6.45) is 1.82. The van der Waals surface area contributed by atoms with Gasteiger partial charge in [-0.25, -0.2) is 8.42 Å². The number of carboxylic acid groups (broad SMARTS) is 1. The predicted molar refractivity (Wildman–Crippen MR) is 138 cm³/mol. The number of rotatable bonds is 9. The number of carboxylic acids is 1. The van der Waals surface area contributed by atoms with E-state index in [2.05, 4.69) is 9.71 Å². The SMILES string of the molecule is O=C(O)[C@@]1(NS(=O)(=O)c2ccc(-c3ccc(Cl)cc3)s2)C[C@H]1c1cccc(OCc2ccccn2)c1. The van der Waals surface area contributed by atoms with Crippen LogP contribution in [0.25, 0.3) is 10.4 Å². The van der Waals surface area contributed by atoms with Crippen LogP contribution in [0.1, 0.15) is 23.6 Å². The van der Waals surface area contributed by atoms with Gasteiger partial charge in [0.15, 0.2) is 0 Å². The first kappa shape index (κ1) is 24.5. The number of hydrogen-bond acceptors (Lipinski definition) is 6. The van der Waals surface area contributed by atoms with E-state index in [-0.39, 0.29) is 17.2 Å². The van der Waals surface area contributed by atoms with Gasteiger partial charge in [0, 0.05) is 22.0 Å². The molecule has 1 aliphatic carbocycles. The van der Waals surface area contributed by atoms with E-state index in [4.69, 9.17) is 16.3 Å². The molecule has 4 aromatic rings. The van der Waals surface area contributed by atoms with Crippen LogP contribution in [-0.4, -0.2) is 30.0 Å². The number of pyridine rings is 1. The summed E-state index contributed by atoms with van der Waals surface area (Å²) < 4.78 is 34.7. The lowest BCUT2D eigenvalue weighted by atomic mass is 10.1. The molecular formula is C26H21ClN2O5S2. The van der Waals surface area contributed by atoms with Crippen LogP contribution in [0.4, 0.5) is 0 Å². The summed E-state index contributed by atoms with van der Waals surface area (Å²) in [5, 5.41) is 10.6. The van der Waals surface area contributed by atoms with Crippen LogP contribution >= 0.6 is 22.9 Å². The fraction of sp³-hybridized carbons (Fsp3) is 0.154. The Morgan fingerprint density at radius 3 is 2.64 bits per heavy atom. The van der Waals surface area contributed by atoms with E-state index in [0.717, 1.165) is 27.5 Å². The number of ether oxygens (including phenoxy) is 1. The summed E-state index contributed by atoms with van der Waals surface area (Å²) in [7, 11) is -4.07. The van der Waals surface area contributed by atoms with Gasteiger partial charge in [-0.2, -0.15) is 4.72 Å². The number of halogens is 1. The average Bonchev–Trinajstić information content (AvgIpc) is 3.37. The molecule has 0 unspecified atom stereocenters. The van der Waals surface area contributed by atoms with Crippen LogP contribution in [0, 0.1) is 0 Å². The highest BCUT2D eigenvalue weighted by Gasteiger charge is 2.63. The first-order valence-electron chi connectivity index (χ1n) is 11.0. The molecule has 2 atom stereocenters. The first-order valence-corrected chi connectivity index (χ1v) is 13.7. The highest BCUT2D eigenvalue weighted by molar-refractivity contribution is 7.91. The zero-order chi connectivity index (χ0) is 25.3. The van der Waals surface area contributed by atoms with Crippen molar-refractivity contribution in [3.8, 4) is 16.2 Å². The molecule has 36 heavy (non-hydrogen) atoms. The Bertz CT molecular complexity index is 1510. The number of sulfonamides is 1. The zero-order valence-corrected chi connectivity index (χ0v) is 21.2. The van der Waals surface area contributed by atoms with E-state index in [1.54, 1.807) is 60.8 Å². The molecule has 7 nitrogen and oxygen atoms in total. The molecule has 5 rings (SSSR count). The monoisotopic (exact) mass is 540 g/mol. The number of benzene rings is 2. The smallest absolute Gasteiger partial charge is 0.325 e. The third-order valence-corrected chi connectivity index (χ3v) is 9.40. The highest BCUT2D eigenvalue weighted by Crippen LogP contribution is 2.53. The molecule has 1 fully saturated rings. The van der Waals surface area contributed by atoms with Crippen molar-refractivity contribution >= 4 is 38.9 Å². The van der Waals surface area contributed by atoms with Crippen molar-refractivity contribution in [2.45, 2.75) is 28.7 Å². The second-order valence-electron chi connectivity index (χ2n) is 8.45. The maximum absolute atomic E-state index is 13.2. The summed E-state index contributed by atoms with van der Waals surface area (Å²) in [4.78, 5) is 17.2. The number of nitrogens with zero attached hydrogens (tertiary/aromatic N) is 1. The Hall–Kier alpha value is -3.24. The highest BCUT2D eigenvalue weighted by atomic mass is 35.5. The molecule has 0 bridgehead atoms. The standard InChI is InChI=1S/C26H21ClN2O5S2/c27-19-9-7-17(8-10-19)23-11-12-24(35-23)36(32,33)29-26(25(30)31)15-22(26)18-4-3-6-21(14-18)34-16-20-5-1-2-13-28-20/h1-14,22,29H,15-16H2,(H,30,31)/t22-,26+/m0/s1. The van der Waals surface area contributed by atoms with Gasteiger partial charge in [0.1, 0.15) is 22.1 Å². The normalized spacial score (nSPS) is 19.1. The van der Waals surface area contributed by atoms with Crippen molar-refractivity contribution in [3.63, 3.8) is 0 Å². The quantitative estimate of drug-likeness (QED) is 0.297. The molecular weight excluding hydrogens is 520 g/mol. The summed E-state index contributed by atoms with van der Waals surface area (Å²) in [6, 6.07) is 22.8. The maximum atomic E-state index is 13.2. The van der Waals surface area contributed by atoms with Crippen LogP contribution in [-0.2, 0) is 21.4 Å². The van der Waals surface area contributed by atoms with Gasteiger partial charge >= 0.3 is 5.97 Å². The molecule has 10 heteroatoms. The zero-order valence-electron chi connectivity index (χ0n) is 18.8. The molecule has 2 heterocycles. The molecule has 1 saturated carbocycles. The number of thiophene rings is 1. The molecule has 0 radical (unpaired) electrons. The van der Waals surface area contributed by atoms with Crippen molar-refractivity contribution in [3.05, 3.63) is 101 Å². The average molecular weight is 541 g/mol. The Morgan fingerprint density at radius 1 is 1.11 bits per heavy atom. The van der Waals surface area contributed by atoms with E-state index in [0.29, 0.717) is 16.3 Å². The predicted octanol–water partition coefficient (Wildman–Crippen LogP) is 5.33. The summed E-state index contributed by atoms with van der Waals surface area (Å²) in [6.45, 7) is 0.264. The fourth-order valence-electron chi connectivity index (χ4n) is 4.04. The van der Waals surface area contributed by atoms with E-state index in [1.807, 2.05) is 18.2 Å². The van der Waals surface area contributed by atoms with Crippen molar-refractivity contribution in [1.82, 2.24) is 9.71 Å². The van der Waals surface area contributed by atoms with E-state index in [9.17, 15) is 18.3 Å². The van der Waals surface area contributed by atoms with Gasteiger partial charge in [0.25, 0.3) is 10.0 Å². The van der Waals surface area contributed by atoms with Crippen molar-refractivity contribution in [1.29, 1.82) is 0 Å². The van der Waals surface area contributed by atoms with Crippen LogP contribution < -0.4 is 9.46 Å². The molecule has 0 aliphatic heterocycles. The molecule has 1 aliphatic rings. The molecule has 2 aromatic carbocycles. The van der Waals surface area contributed by atoms with Gasteiger partial charge in [-0.1, -0.05) is 41.9 Å². The Labute approximate surface area is 217 Å². The second-order valence-corrected chi connectivity index (χ2v) is 11.9. The van der Waals surface area contributed by atoms with E-state index in [1.165, 1.54) is 6.07 Å². The minimum Gasteiger partial charge on any atom is -0.487 e.